The van der Waals surface area contributed by atoms with Gasteiger partial charge in [-0.3, -0.25) is 0 Å². The van der Waals surface area contributed by atoms with Crippen molar-refractivity contribution in [3.63, 3.8) is 0 Å². The van der Waals surface area contributed by atoms with Gasteiger partial charge in [-0.2, -0.15) is 0 Å². The maximum atomic E-state index is 6.48. The van der Waals surface area contributed by atoms with Crippen LogP contribution in [0, 0.1) is 17.3 Å². The largest absolute Gasteiger partial charge is 0.379 e. The Hall–Kier alpha value is -0.120. The van der Waals surface area contributed by atoms with Gasteiger partial charge in [-0.15, -0.1) is 0 Å². The first-order valence-electron chi connectivity index (χ1n) is 6.52. The van der Waals surface area contributed by atoms with Crippen LogP contribution < -0.4 is 5.73 Å². The number of methoxy groups -OCH3 is 2. The van der Waals surface area contributed by atoms with Crippen molar-refractivity contribution in [2.24, 2.45) is 23.0 Å². The lowest BCUT2D eigenvalue weighted by molar-refractivity contribution is -0.0157. The minimum Gasteiger partial charge on any atom is -0.379 e. The molecule has 2 N–H and O–H groups in total. The van der Waals surface area contributed by atoms with Crippen molar-refractivity contribution in [2.75, 3.05) is 14.2 Å². The Labute approximate surface area is 97.7 Å². The quantitative estimate of drug-likeness (QED) is 0.775. The molecule has 92 valence electrons. The first kappa shape index (κ1) is 11.0. The third-order valence-electron chi connectivity index (χ3n) is 5.64. The van der Waals surface area contributed by atoms with Crippen LogP contribution in [0.4, 0.5) is 0 Å². The van der Waals surface area contributed by atoms with Crippen LogP contribution in [0.3, 0.4) is 0 Å². The van der Waals surface area contributed by atoms with Gasteiger partial charge in [-0.05, 0) is 49.4 Å². The molecule has 1 spiro atoms. The zero-order valence-electron chi connectivity index (χ0n) is 10.3. The van der Waals surface area contributed by atoms with Crippen LogP contribution in [0.25, 0.3) is 0 Å². The first-order valence-corrected chi connectivity index (χ1v) is 6.52. The van der Waals surface area contributed by atoms with E-state index in [2.05, 4.69) is 0 Å². The van der Waals surface area contributed by atoms with E-state index >= 15 is 0 Å². The molecule has 0 heterocycles. The van der Waals surface area contributed by atoms with E-state index in [1.807, 2.05) is 0 Å². The standard InChI is InChI=1S/C13H23NO2/c1-15-10-6-13(7-11(10)16-2)9-4-3-8(5-9)12(13)14/h8-12H,3-7,14H2,1-2H3/t8?,9?,10-,11?,12-,13?/m1/s1. The lowest BCUT2D eigenvalue weighted by Crippen LogP contribution is -2.45. The average molecular weight is 225 g/mol. The Morgan fingerprint density at radius 2 is 1.69 bits per heavy atom. The highest BCUT2D eigenvalue weighted by Crippen LogP contribution is 2.62. The highest BCUT2D eigenvalue weighted by Gasteiger charge is 2.61. The molecule has 3 nitrogen and oxygen atoms in total. The highest BCUT2D eigenvalue weighted by molar-refractivity contribution is 5.13. The lowest BCUT2D eigenvalue weighted by Gasteiger charge is -2.39. The molecule has 3 saturated carbocycles. The van der Waals surface area contributed by atoms with E-state index in [9.17, 15) is 0 Å². The number of rotatable bonds is 2. The molecule has 0 aromatic carbocycles. The van der Waals surface area contributed by atoms with Crippen LogP contribution in [0.5, 0.6) is 0 Å². The second-order valence-corrected chi connectivity index (χ2v) is 5.99. The molecule has 3 rings (SSSR count). The highest BCUT2D eigenvalue weighted by atomic mass is 16.5. The lowest BCUT2D eigenvalue weighted by atomic mass is 9.69. The summed E-state index contributed by atoms with van der Waals surface area (Å²) < 4.78 is 11.2. The van der Waals surface area contributed by atoms with Crippen molar-refractivity contribution in [3.05, 3.63) is 0 Å². The van der Waals surface area contributed by atoms with Gasteiger partial charge >= 0.3 is 0 Å². The van der Waals surface area contributed by atoms with Gasteiger partial charge in [0.15, 0.2) is 0 Å². The SMILES string of the molecule is COC1CC2(C[C@H]1OC)C1CCC(C1)[C@H]2N. The van der Waals surface area contributed by atoms with Crippen molar-refractivity contribution >= 4 is 0 Å². The first-order chi connectivity index (χ1) is 7.71. The van der Waals surface area contributed by atoms with Gasteiger partial charge in [0.05, 0.1) is 12.2 Å². The minimum atomic E-state index is 0.260. The van der Waals surface area contributed by atoms with Gasteiger partial charge < -0.3 is 15.2 Å². The Bertz CT molecular complexity index is 265. The Kier molecular flexibility index (Phi) is 2.54. The van der Waals surface area contributed by atoms with E-state index < -0.39 is 0 Å². The number of fused-ring (bicyclic) bond motifs is 3. The van der Waals surface area contributed by atoms with Crippen molar-refractivity contribution < 1.29 is 9.47 Å². The molecule has 0 amide bonds. The Balaban J connectivity index is 1.85. The fraction of sp³-hybridized carbons (Fsp3) is 1.00. The van der Waals surface area contributed by atoms with Gasteiger partial charge in [-0.1, -0.05) is 0 Å². The summed E-state index contributed by atoms with van der Waals surface area (Å²) in [4.78, 5) is 0. The molecule has 3 aliphatic rings. The Morgan fingerprint density at radius 1 is 1.06 bits per heavy atom. The molecule has 0 radical (unpaired) electrons. The molecule has 0 aliphatic heterocycles. The molecule has 3 aliphatic carbocycles. The van der Waals surface area contributed by atoms with E-state index in [0.29, 0.717) is 11.5 Å². The van der Waals surface area contributed by atoms with Crippen LogP contribution in [-0.2, 0) is 9.47 Å². The van der Waals surface area contributed by atoms with E-state index in [0.717, 1.165) is 24.7 Å². The van der Waals surface area contributed by atoms with Crippen LogP contribution >= 0.6 is 0 Å². The summed E-state index contributed by atoms with van der Waals surface area (Å²) in [5, 5.41) is 0. The van der Waals surface area contributed by atoms with Crippen LogP contribution in [-0.4, -0.2) is 32.5 Å². The summed E-state index contributed by atoms with van der Waals surface area (Å²) in [6.07, 6.45) is 6.84. The summed E-state index contributed by atoms with van der Waals surface area (Å²) >= 11 is 0. The van der Waals surface area contributed by atoms with Gasteiger partial charge in [0.25, 0.3) is 0 Å². The second kappa shape index (κ2) is 3.69. The van der Waals surface area contributed by atoms with Crippen LogP contribution in [0.15, 0.2) is 0 Å². The van der Waals surface area contributed by atoms with Gasteiger partial charge in [-0.25, -0.2) is 0 Å². The molecule has 16 heavy (non-hydrogen) atoms. The molecular formula is C13H23NO2. The number of hydrogen-bond donors (Lipinski definition) is 1. The van der Waals surface area contributed by atoms with Crippen molar-refractivity contribution in [2.45, 2.75) is 50.4 Å². The van der Waals surface area contributed by atoms with Crippen LogP contribution in [0.2, 0.25) is 0 Å². The van der Waals surface area contributed by atoms with E-state index in [4.69, 9.17) is 15.2 Å². The van der Waals surface area contributed by atoms with Crippen molar-refractivity contribution in [3.8, 4) is 0 Å². The van der Waals surface area contributed by atoms with Gasteiger partial charge in [0.1, 0.15) is 0 Å². The number of nitrogens with two attached hydrogens (primary N) is 1. The summed E-state index contributed by atoms with van der Waals surface area (Å²) in [6, 6.07) is 0.393. The van der Waals surface area contributed by atoms with Crippen molar-refractivity contribution in [1.29, 1.82) is 0 Å². The predicted molar refractivity (Wildman–Crippen MR) is 62.1 cm³/mol. The molecule has 4 unspecified atom stereocenters. The summed E-state index contributed by atoms with van der Waals surface area (Å²) in [5.41, 5.74) is 6.82. The maximum Gasteiger partial charge on any atom is 0.0838 e. The maximum absolute atomic E-state index is 6.48. The fourth-order valence-electron chi connectivity index (χ4n) is 4.78. The summed E-state index contributed by atoms with van der Waals surface area (Å²) in [5.74, 6) is 1.61. The third kappa shape index (κ3) is 1.25. The Morgan fingerprint density at radius 3 is 2.12 bits per heavy atom. The minimum absolute atomic E-state index is 0.260. The molecular weight excluding hydrogens is 202 g/mol. The van der Waals surface area contributed by atoms with E-state index in [1.165, 1.54) is 19.3 Å². The zero-order valence-corrected chi connectivity index (χ0v) is 10.3. The molecule has 6 atom stereocenters. The predicted octanol–water partition coefficient (Wildman–Crippen LogP) is 1.55. The smallest absolute Gasteiger partial charge is 0.0838 e. The molecule has 3 fully saturated rings. The summed E-state index contributed by atoms with van der Waals surface area (Å²) in [7, 11) is 3.60. The number of ether oxygens (including phenoxy) is 2. The molecule has 2 bridgehead atoms. The molecule has 0 aromatic rings. The van der Waals surface area contributed by atoms with Crippen molar-refractivity contribution in [1.82, 2.24) is 0 Å². The monoisotopic (exact) mass is 225 g/mol. The zero-order chi connectivity index (χ0) is 11.3. The van der Waals surface area contributed by atoms with Crippen LogP contribution in [0.1, 0.15) is 32.1 Å². The fourth-order valence-corrected chi connectivity index (χ4v) is 4.78. The normalized spacial score (nSPS) is 55.3. The van der Waals surface area contributed by atoms with E-state index in [-0.39, 0.29) is 12.2 Å². The second-order valence-electron chi connectivity index (χ2n) is 5.99. The summed E-state index contributed by atoms with van der Waals surface area (Å²) in [6.45, 7) is 0. The van der Waals surface area contributed by atoms with Gasteiger partial charge in [0, 0.05) is 20.3 Å². The topological polar surface area (TPSA) is 44.5 Å². The average Bonchev–Trinajstić information content (AvgIpc) is 2.97. The molecule has 0 saturated heterocycles. The molecule has 3 heteroatoms. The van der Waals surface area contributed by atoms with Gasteiger partial charge in [0.2, 0.25) is 0 Å². The van der Waals surface area contributed by atoms with E-state index in [1.54, 1.807) is 14.2 Å². The molecule has 0 aromatic heterocycles. The third-order valence-corrected chi connectivity index (χ3v) is 5.64. The number of hydrogen-bond acceptors (Lipinski definition) is 3.